The van der Waals surface area contributed by atoms with Crippen LogP contribution in [0.4, 0.5) is 5.69 Å². The minimum absolute atomic E-state index is 0.314. The van der Waals surface area contributed by atoms with Crippen LogP contribution in [0, 0.1) is 0 Å². The van der Waals surface area contributed by atoms with Gasteiger partial charge < -0.3 is 4.57 Å². The number of hydrogen-bond donors (Lipinski definition) is 0. The quantitative estimate of drug-likeness (QED) is 0.113. The molecule has 85 heavy (non-hydrogen) atoms. The summed E-state index contributed by atoms with van der Waals surface area (Å²) < 4.78 is 2.57. The molecule has 0 amide bonds. The second-order valence-electron chi connectivity index (χ2n) is 33.8. The van der Waals surface area contributed by atoms with E-state index in [9.17, 15) is 0 Å². The first-order valence-corrected chi connectivity index (χ1v) is 37.1. The maximum atomic E-state index is 2.57. The summed E-state index contributed by atoms with van der Waals surface area (Å²) in [6, 6.07) is 41.9. The average Bonchev–Trinajstić information content (AvgIpc) is 3.38. The summed E-state index contributed by atoms with van der Waals surface area (Å²) in [7, 11) is 0.954. The third kappa shape index (κ3) is 27.4. The van der Waals surface area contributed by atoms with E-state index in [2.05, 4.69) is 374 Å². The molecule has 0 radical (unpaired) electrons. The number of para-hydroxylation sites is 1. The Morgan fingerprint density at radius 3 is 0.659 bits per heavy atom. The van der Waals surface area contributed by atoms with E-state index in [1.165, 1.54) is 50.0 Å². The fourth-order valence-corrected chi connectivity index (χ4v) is 10.7. The van der Waals surface area contributed by atoms with E-state index in [1.54, 1.807) is 10.9 Å². The third-order valence-corrected chi connectivity index (χ3v) is 21.1. The Balaban J connectivity index is 0.00000102. The molecule has 1 nitrogen and oxygen atoms in total. The van der Waals surface area contributed by atoms with Crippen molar-refractivity contribution < 1.29 is 0 Å². The molecule has 7 heteroatoms. The van der Waals surface area contributed by atoms with Crippen molar-refractivity contribution in [3.63, 3.8) is 0 Å². The molecule has 0 aromatic heterocycles. The van der Waals surface area contributed by atoms with E-state index in [0.29, 0.717) is 88.9 Å². The Morgan fingerprint density at radius 1 is 0.294 bits per heavy atom. The lowest BCUT2D eigenvalue weighted by atomic mass is 9.31. The molecule has 0 heterocycles. The Labute approximate surface area is 536 Å². The minimum atomic E-state index is -1.32. The molecule has 0 aliphatic rings. The van der Waals surface area contributed by atoms with Gasteiger partial charge in [0.25, 0.3) is 0 Å². The predicted octanol–water partition coefficient (Wildman–Crippen LogP) is 23.5. The van der Waals surface area contributed by atoms with Crippen molar-refractivity contribution in [1.82, 2.24) is 0 Å². The highest BCUT2D eigenvalue weighted by Gasteiger charge is 2.33. The van der Waals surface area contributed by atoms with E-state index in [0.717, 1.165) is 6.71 Å². The topological polar surface area (TPSA) is 3.24 Å². The van der Waals surface area contributed by atoms with Gasteiger partial charge in [-0.3, -0.25) is 0 Å². The molecule has 0 bridgehead atoms. The van der Waals surface area contributed by atoms with Gasteiger partial charge in [-0.25, -0.2) is 0 Å². The van der Waals surface area contributed by atoms with Crippen LogP contribution in [0.1, 0.15) is 256 Å². The van der Waals surface area contributed by atoms with Crippen LogP contribution in [0.15, 0.2) is 115 Å². The normalized spacial score (nSPS) is 12.0. The second-order valence-corrected chi connectivity index (χ2v) is 38.8. The van der Waals surface area contributed by atoms with Gasteiger partial charge in [0.05, 0.1) is 0 Å². The molecule has 0 saturated carbocycles. The summed E-state index contributed by atoms with van der Waals surface area (Å²) in [6.45, 7) is 86.5. The van der Waals surface area contributed by atoms with Crippen molar-refractivity contribution >= 4 is 69.3 Å². The highest BCUT2D eigenvalue weighted by molar-refractivity contribution is 6.80. The lowest BCUT2D eigenvalue weighted by molar-refractivity contribution is 0.741. The lowest BCUT2D eigenvalue weighted by Crippen LogP contribution is -2.44. The average molecular weight is 1170 g/mol. The fourth-order valence-electron chi connectivity index (χ4n) is 9.80. The molecule has 0 unspecified atom stereocenters. The van der Waals surface area contributed by atoms with Crippen LogP contribution >= 0.6 is 0 Å². The molecule has 0 atom stereocenters. The standard InChI is InChI=1S/2C17H29B.C16H29NSi.2C11H17B.C6H15B/c2*1-12(2)14-10-9-11-15(13(3)4)16(14)18(8)17(5,6)7;1-12(2)14-10-9-11-15(13(3)4)16(14)17(5)18(6,7)8;2*1-11(2,3)12(4)10-8-6-5-7-9-10;1-6(2,3)7(4)5/h3*9-13H,1-8H3;2*5-9H,1-4H3;1-5H3. The first-order valence-electron chi connectivity index (χ1n) is 33.7. The van der Waals surface area contributed by atoms with Gasteiger partial charge in [-0.15, -0.1) is 0 Å². The fraction of sp³-hybridized carbons (Fsp3) is 0.615. The monoisotopic (exact) mass is 1170 g/mol. The summed E-state index contributed by atoms with van der Waals surface area (Å²) in [4.78, 5) is 0. The first kappa shape index (κ1) is 81.4. The van der Waals surface area contributed by atoms with Gasteiger partial charge in [0.1, 0.15) is 14.9 Å². The zero-order valence-electron chi connectivity index (χ0n) is 63.3. The van der Waals surface area contributed by atoms with Crippen molar-refractivity contribution in [2.75, 3.05) is 11.6 Å². The summed E-state index contributed by atoms with van der Waals surface area (Å²) >= 11 is 0. The van der Waals surface area contributed by atoms with Gasteiger partial charge in [0.15, 0.2) is 26.9 Å². The second kappa shape index (κ2) is 35.0. The molecular formula is C78H136B5NSi. The lowest BCUT2D eigenvalue weighted by Gasteiger charge is -2.37. The van der Waals surface area contributed by atoms with Crippen molar-refractivity contribution in [1.29, 1.82) is 0 Å². The Hall–Kier alpha value is -3.56. The molecule has 0 aliphatic heterocycles. The largest absolute Gasteiger partial charge is 0.400 e. The van der Waals surface area contributed by atoms with Crippen LogP contribution in [0.3, 0.4) is 0 Å². The van der Waals surface area contributed by atoms with Gasteiger partial charge in [-0.2, -0.15) is 0 Å². The van der Waals surface area contributed by atoms with E-state index < -0.39 is 8.24 Å². The Bertz CT molecular complexity index is 2300. The van der Waals surface area contributed by atoms with Crippen molar-refractivity contribution in [2.24, 2.45) is 0 Å². The van der Waals surface area contributed by atoms with Gasteiger partial charge in [0, 0.05) is 5.69 Å². The third-order valence-electron chi connectivity index (χ3n) is 18.9. The molecule has 5 aromatic carbocycles. The molecule has 0 N–H and O–H groups in total. The maximum absolute atomic E-state index is 2.57. The van der Waals surface area contributed by atoms with Crippen molar-refractivity contribution in [3.05, 3.63) is 149 Å². The van der Waals surface area contributed by atoms with E-state index in [4.69, 9.17) is 0 Å². The molecule has 0 saturated heterocycles. The van der Waals surface area contributed by atoms with Crippen LogP contribution in [0.5, 0.6) is 0 Å². The van der Waals surface area contributed by atoms with Crippen LogP contribution in [0.25, 0.3) is 0 Å². The molecule has 0 aliphatic carbocycles. The summed E-state index contributed by atoms with van der Waals surface area (Å²) in [5, 5.41) is 1.85. The molecular weight excluding hydrogens is 1030 g/mol. The summed E-state index contributed by atoms with van der Waals surface area (Å²) in [6.07, 6.45) is 0. The highest BCUT2D eigenvalue weighted by atomic mass is 28.3. The summed E-state index contributed by atoms with van der Waals surface area (Å²) in [5.41, 5.74) is 16.7. The van der Waals surface area contributed by atoms with E-state index in [-0.39, 0.29) is 0 Å². The minimum Gasteiger partial charge on any atom is -0.400 e. The van der Waals surface area contributed by atoms with Crippen molar-refractivity contribution in [3.8, 4) is 0 Å². The number of benzene rings is 5. The number of hydrogen-bond acceptors (Lipinski definition) is 1. The van der Waals surface area contributed by atoms with E-state index >= 15 is 0 Å². The van der Waals surface area contributed by atoms with Crippen LogP contribution in [-0.4, -0.2) is 48.8 Å². The van der Waals surface area contributed by atoms with Crippen molar-refractivity contribution in [2.45, 2.75) is 310 Å². The number of anilines is 1. The highest BCUT2D eigenvalue weighted by Crippen LogP contribution is 2.38. The molecule has 5 aromatic rings. The Morgan fingerprint density at radius 2 is 0.494 bits per heavy atom. The molecule has 472 valence electrons. The van der Waals surface area contributed by atoms with Gasteiger partial charge in [0.2, 0.25) is 0 Å². The Kier molecular flexibility index (Phi) is 33.5. The van der Waals surface area contributed by atoms with Gasteiger partial charge in [-0.1, -0.05) is 433 Å². The number of rotatable bonds is 12. The van der Waals surface area contributed by atoms with Crippen LogP contribution in [0.2, 0.25) is 87.2 Å². The SMILES string of the molecule is CB(C)C(C)(C)C.CB(c1c(C(C)C)cccc1C(C)C)C(C)(C)C.CB(c1c(C(C)C)cccc1C(C)C)C(C)(C)C.CB(c1ccccc1)C(C)(C)C.CB(c1ccccc1)C(C)(C)C.CC(C)c1cccc(C(C)C)c1N(C)[Si](C)(C)C. The van der Waals surface area contributed by atoms with Crippen LogP contribution < -0.4 is 26.4 Å². The smallest absolute Gasteiger partial charge is 0.179 e. The first-order chi connectivity index (χ1) is 38.5. The van der Waals surface area contributed by atoms with Crippen LogP contribution in [-0.2, 0) is 0 Å². The van der Waals surface area contributed by atoms with E-state index in [1.807, 2.05) is 0 Å². The zero-order chi connectivity index (χ0) is 66.7. The predicted molar refractivity (Wildman–Crippen MR) is 410 cm³/mol. The zero-order valence-corrected chi connectivity index (χ0v) is 64.3. The van der Waals surface area contributed by atoms with Gasteiger partial charge >= 0.3 is 0 Å². The summed E-state index contributed by atoms with van der Waals surface area (Å²) in [5.74, 6) is 3.56. The van der Waals surface area contributed by atoms with Gasteiger partial charge in [-0.05, 0) is 53.7 Å². The molecule has 0 fully saturated rings. The maximum Gasteiger partial charge on any atom is 0.179 e. The molecule has 0 spiro atoms. The molecule has 5 rings (SSSR count). The number of nitrogens with zero attached hydrogens (tertiary/aromatic N) is 1.